The van der Waals surface area contributed by atoms with Gasteiger partial charge in [-0.15, -0.1) is 11.3 Å². The Morgan fingerprint density at radius 1 is 1.45 bits per heavy atom. The van der Waals surface area contributed by atoms with E-state index in [1.165, 1.54) is 10.4 Å². The molecule has 0 radical (unpaired) electrons. The van der Waals surface area contributed by atoms with Gasteiger partial charge in [0.05, 0.1) is 6.54 Å². The lowest BCUT2D eigenvalue weighted by Crippen LogP contribution is -2.46. The van der Waals surface area contributed by atoms with E-state index in [4.69, 9.17) is 0 Å². The SMILES string of the molecule is CCNC(=O)NC(=O)CN1CCc2sccc2[C@H]1CC. The minimum absolute atomic E-state index is 0.243. The predicted octanol–water partition coefficient (Wildman–Crippen LogP) is 1.90. The first-order valence-electron chi connectivity index (χ1n) is 7.03. The molecule has 0 bridgehead atoms. The zero-order valence-electron chi connectivity index (χ0n) is 11.9. The first kappa shape index (κ1) is 15.0. The molecule has 0 spiro atoms. The maximum atomic E-state index is 11.9. The van der Waals surface area contributed by atoms with Gasteiger partial charge in [-0.2, -0.15) is 0 Å². The number of hydrogen-bond acceptors (Lipinski definition) is 4. The fourth-order valence-corrected chi connectivity index (χ4v) is 3.60. The van der Waals surface area contributed by atoms with Crippen molar-refractivity contribution in [1.29, 1.82) is 0 Å². The second kappa shape index (κ2) is 6.85. The van der Waals surface area contributed by atoms with Gasteiger partial charge in [0.2, 0.25) is 5.91 Å². The van der Waals surface area contributed by atoms with E-state index in [1.807, 2.05) is 6.92 Å². The topological polar surface area (TPSA) is 61.4 Å². The summed E-state index contributed by atoms with van der Waals surface area (Å²) in [7, 11) is 0. The average Bonchev–Trinajstić information content (AvgIpc) is 2.86. The second-order valence-electron chi connectivity index (χ2n) is 4.85. The molecule has 6 heteroatoms. The number of imide groups is 1. The maximum Gasteiger partial charge on any atom is 0.321 e. The molecule has 3 amide bonds. The minimum atomic E-state index is -0.418. The Balaban J connectivity index is 1.96. The number of carbonyl (C=O) groups excluding carboxylic acids is 2. The van der Waals surface area contributed by atoms with Crippen LogP contribution in [0.3, 0.4) is 0 Å². The number of thiophene rings is 1. The predicted molar refractivity (Wildman–Crippen MR) is 79.8 cm³/mol. The lowest BCUT2D eigenvalue weighted by Gasteiger charge is -2.34. The first-order chi connectivity index (χ1) is 9.65. The molecular weight excluding hydrogens is 274 g/mol. The molecule has 2 N–H and O–H groups in total. The molecule has 1 aromatic rings. The number of nitrogens with one attached hydrogen (secondary N) is 2. The van der Waals surface area contributed by atoms with Crippen LogP contribution in [0.15, 0.2) is 11.4 Å². The molecule has 5 nitrogen and oxygen atoms in total. The minimum Gasteiger partial charge on any atom is -0.338 e. The van der Waals surface area contributed by atoms with Crippen LogP contribution in [0.25, 0.3) is 0 Å². The third-order valence-corrected chi connectivity index (χ3v) is 4.53. The third-order valence-electron chi connectivity index (χ3n) is 3.53. The molecule has 1 aliphatic rings. The monoisotopic (exact) mass is 295 g/mol. The van der Waals surface area contributed by atoms with Gasteiger partial charge >= 0.3 is 6.03 Å². The van der Waals surface area contributed by atoms with Crippen molar-refractivity contribution in [2.45, 2.75) is 32.7 Å². The fourth-order valence-electron chi connectivity index (χ4n) is 2.67. The average molecular weight is 295 g/mol. The number of urea groups is 1. The highest BCUT2D eigenvalue weighted by molar-refractivity contribution is 7.10. The summed E-state index contributed by atoms with van der Waals surface area (Å²) < 4.78 is 0. The van der Waals surface area contributed by atoms with E-state index in [1.54, 1.807) is 11.3 Å². The molecule has 0 saturated heterocycles. The van der Waals surface area contributed by atoms with Gasteiger partial charge in [-0.05, 0) is 36.8 Å². The second-order valence-corrected chi connectivity index (χ2v) is 5.85. The summed E-state index contributed by atoms with van der Waals surface area (Å²) in [6, 6.07) is 2.02. The molecule has 20 heavy (non-hydrogen) atoms. The smallest absolute Gasteiger partial charge is 0.321 e. The third kappa shape index (κ3) is 3.37. The van der Waals surface area contributed by atoms with E-state index in [0.717, 1.165) is 19.4 Å². The van der Waals surface area contributed by atoms with E-state index in [9.17, 15) is 9.59 Å². The van der Waals surface area contributed by atoms with E-state index in [-0.39, 0.29) is 18.5 Å². The van der Waals surface area contributed by atoms with Crippen molar-refractivity contribution in [2.24, 2.45) is 0 Å². The van der Waals surface area contributed by atoms with Gasteiger partial charge in [0.1, 0.15) is 0 Å². The molecular formula is C14H21N3O2S. The molecule has 110 valence electrons. The van der Waals surface area contributed by atoms with E-state index < -0.39 is 6.03 Å². The van der Waals surface area contributed by atoms with Crippen LogP contribution in [-0.2, 0) is 11.2 Å². The van der Waals surface area contributed by atoms with E-state index >= 15 is 0 Å². The molecule has 0 aliphatic carbocycles. The largest absolute Gasteiger partial charge is 0.338 e. The molecule has 1 aromatic heterocycles. The van der Waals surface area contributed by atoms with Crippen molar-refractivity contribution in [1.82, 2.24) is 15.5 Å². The molecule has 0 saturated carbocycles. The van der Waals surface area contributed by atoms with Crippen LogP contribution in [-0.4, -0.2) is 36.5 Å². The van der Waals surface area contributed by atoms with Crippen molar-refractivity contribution in [3.05, 3.63) is 21.9 Å². The van der Waals surface area contributed by atoms with Gasteiger partial charge in [-0.1, -0.05) is 6.92 Å². The molecule has 0 aromatic carbocycles. The zero-order valence-corrected chi connectivity index (χ0v) is 12.8. The first-order valence-corrected chi connectivity index (χ1v) is 7.91. The molecule has 2 heterocycles. The normalized spacial score (nSPS) is 18.4. The lowest BCUT2D eigenvalue weighted by molar-refractivity contribution is -0.121. The van der Waals surface area contributed by atoms with Crippen LogP contribution in [0, 0.1) is 0 Å². The van der Waals surface area contributed by atoms with Crippen LogP contribution in [0.4, 0.5) is 4.79 Å². The van der Waals surface area contributed by atoms with Crippen LogP contribution in [0.5, 0.6) is 0 Å². The Morgan fingerprint density at radius 2 is 2.25 bits per heavy atom. The summed E-state index contributed by atoms with van der Waals surface area (Å²) in [6.07, 6.45) is 1.95. The van der Waals surface area contributed by atoms with Crippen molar-refractivity contribution < 1.29 is 9.59 Å². The van der Waals surface area contributed by atoms with Crippen molar-refractivity contribution in [3.63, 3.8) is 0 Å². The van der Waals surface area contributed by atoms with Gasteiger partial charge in [-0.3, -0.25) is 15.0 Å². The Kier molecular flexibility index (Phi) is 5.14. The quantitative estimate of drug-likeness (QED) is 0.892. The summed E-state index contributed by atoms with van der Waals surface area (Å²) in [4.78, 5) is 26.8. The summed E-state index contributed by atoms with van der Waals surface area (Å²) in [5.41, 5.74) is 1.34. The van der Waals surface area contributed by atoms with E-state index in [0.29, 0.717) is 6.54 Å². The van der Waals surface area contributed by atoms with Gasteiger partial charge in [0, 0.05) is 24.0 Å². The number of amides is 3. The number of fused-ring (bicyclic) bond motifs is 1. The summed E-state index contributed by atoms with van der Waals surface area (Å²) in [5, 5.41) is 7.04. The van der Waals surface area contributed by atoms with Gasteiger partial charge < -0.3 is 5.32 Å². The number of nitrogens with zero attached hydrogens (tertiary/aromatic N) is 1. The number of rotatable bonds is 4. The number of carbonyl (C=O) groups is 2. The molecule has 0 unspecified atom stereocenters. The Hall–Kier alpha value is -1.40. The van der Waals surface area contributed by atoms with Crippen LogP contribution >= 0.6 is 11.3 Å². The fraction of sp³-hybridized carbons (Fsp3) is 0.571. The van der Waals surface area contributed by atoms with Crippen molar-refractivity contribution in [2.75, 3.05) is 19.6 Å². The summed E-state index contributed by atoms with van der Waals surface area (Å²) >= 11 is 1.79. The molecule has 1 atom stereocenters. The maximum absolute atomic E-state index is 11.9. The van der Waals surface area contributed by atoms with E-state index in [2.05, 4.69) is 33.9 Å². The molecule has 1 aliphatic heterocycles. The van der Waals surface area contributed by atoms with Crippen LogP contribution < -0.4 is 10.6 Å². The van der Waals surface area contributed by atoms with Crippen molar-refractivity contribution >= 4 is 23.3 Å². The molecule has 2 rings (SSSR count). The standard InChI is InChI=1S/C14H21N3O2S/c1-3-11-10-6-8-20-12(10)5-7-17(11)9-13(18)16-14(19)15-4-2/h6,8,11H,3-5,7,9H2,1-2H3,(H2,15,16,18,19)/t11-/m1/s1. The highest BCUT2D eigenvalue weighted by Crippen LogP contribution is 2.34. The summed E-state index contributed by atoms with van der Waals surface area (Å²) in [5.74, 6) is -0.243. The van der Waals surface area contributed by atoms with Gasteiger partial charge in [-0.25, -0.2) is 4.79 Å². The van der Waals surface area contributed by atoms with Gasteiger partial charge in [0.25, 0.3) is 0 Å². The Morgan fingerprint density at radius 3 is 2.95 bits per heavy atom. The van der Waals surface area contributed by atoms with Gasteiger partial charge in [0.15, 0.2) is 0 Å². The Labute approximate surface area is 123 Å². The highest BCUT2D eigenvalue weighted by atomic mass is 32.1. The Bertz CT molecular complexity index is 487. The lowest BCUT2D eigenvalue weighted by atomic mass is 9.98. The van der Waals surface area contributed by atoms with Crippen LogP contribution in [0.2, 0.25) is 0 Å². The molecule has 0 fully saturated rings. The zero-order chi connectivity index (χ0) is 14.5. The van der Waals surface area contributed by atoms with Crippen LogP contribution in [0.1, 0.15) is 36.8 Å². The number of hydrogen-bond donors (Lipinski definition) is 2. The summed E-state index contributed by atoms with van der Waals surface area (Å²) in [6.45, 7) is 5.60. The highest BCUT2D eigenvalue weighted by Gasteiger charge is 2.28. The van der Waals surface area contributed by atoms with Crippen molar-refractivity contribution in [3.8, 4) is 0 Å².